The van der Waals surface area contributed by atoms with E-state index >= 15 is 0 Å². The molecule has 1 amide bonds. The molecule has 0 atom stereocenters. The highest BCUT2D eigenvalue weighted by Crippen LogP contribution is 2.29. The van der Waals surface area contributed by atoms with Crippen LogP contribution in [0.3, 0.4) is 0 Å². The molecule has 0 saturated carbocycles. The van der Waals surface area contributed by atoms with E-state index in [2.05, 4.69) is 0 Å². The maximum Gasteiger partial charge on any atom is 0.259 e. The molecule has 5 heteroatoms. The van der Waals surface area contributed by atoms with Crippen molar-refractivity contribution in [2.45, 2.75) is 6.42 Å². The zero-order valence-electron chi connectivity index (χ0n) is 13.4. The molecule has 0 heterocycles. The Kier molecular flexibility index (Phi) is 5.98. The number of benzene rings is 2. The number of carbonyl (C=O) groups is 1. The second-order valence-electron chi connectivity index (χ2n) is 5.03. The highest BCUT2D eigenvalue weighted by molar-refractivity contribution is 6.00. The number of rotatable bonds is 7. The third-order valence-electron chi connectivity index (χ3n) is 3.38. The van der Waals surface area contributed by atoms with Crippen molar-refractivity contribution in [2.24, 2.45) is 5.73 Å². The lowest BCUT2D eigenvalue weighted by molar-refractivity contribution is -0.114. The van der Waals surface area contributed by atoms with Gasteiger partial charge in [0.25, 0.3) is 5.91 Å². The van der Waals surface area contributed by atoms with Crippen molar-refractivity contribution >= 4 is 12.0 Å². The van der Waals surface area contributed by atoms with Crippen LogP contribution in [0.5, 0.6) is 11.5 Å². The summed E-state index contributed by atoms with van der Waals surface area (Å²) in [6.07, 6.45) is 2.20. The maximum absolute atomic E-state index is 11.1. The van der Waals surface area contributed by atoms with Crippen molar-refractivity contribution < 1.29 is 14.3 Å². The van der Waals surface area contributed by atoms with Crippen LogP contribution in [0.4, 0.5) is 0 Å². The average Bonchev–Trinajstić information content (AvgIpc) is 2.61. The van der Waals surface area contributed by atoms with Crippen molar-refractivity contribution in [3.63, 3.8) is 0 Å². The average molecular weight is 322 g/mol. The summed E-state index contributed by atoms with van der Waals surface area (Å²) in [5.41, 5.74) is 6.84. The molecule has 0 fully saturated rings. The van der Waals surface area contributed by atoms with Crippen molar-refractivity contribution in [3.05, 3.63) is 65.2 Å². The summed E-state index contributed by atoms with van der Waals surface area (Å²) in [5, 5.41) is 8.89. The lowest BCUT2D eigenvalue weighted by atomic mass is 10.1. The van der Waals surface area contributed by atoms with E-state index < -0.39 is 5.91 Å². The highest BCUT2D eigenvalue weighted by atomic mass is 16.5. The van der Waals surface area contributed by atoms with Crippen LogP contribution < -0.4 is 15.2 Å². The molecular weight excluding hydrogens is 304 g/mol. The minimum Gasteiger partial charge on any atom is -0.493 e. The predicted molar refractivity (Wildman–Crippen MR) is 91.4 cm³/mol. The van der Waals surface area contributed by atoms with Gasteiger partial charge in [-0.25, -0.2) is 0 Å². The molecule has 0 aliphatic heterocycles. The SMILES string of the molecule is COc1cc(/C=C(/C#N)C(N)=O)ccc1OCCc1ccccc1. The smallest absolute Gasteiger partial charge is 0.259 e. The van der Waals surface area contributed by atoms with Gasteiger partial charge < -0.3 is 15.2 Å². The molecule has 122 valence electrons. The Balaban J connectivity index is 2.09. The Morgan fingerprint density at radius 3 is 2.58 bits per heavy atom. The van der Waals surface area contributed by atoms with E-state index in [4.69, 9.17) is 20.5 Å². The lowest BCUT2D eigenvalue weighted by Gasteiger charge is -2.11. The van der Waals surface area contributed by atoms with Crippen LogP contribution in [0.15, 0.2) is 54.1 Å². The molecule has 0 aliphatic rings. The quantitative estimate of drug-likeness (QED) is 0.627. The minimum atomic E-state index is -0.764. The monoisotopic (exact) mass is 322 g/mol. The van der Waals surface area contributed by atoms with Crippen LogP contribution in [0.2, 0.25) is 0 Å². The van der Waals surface area contributed by atoms with Gasteiger partial charge in [0, 0.05) is 6.42 Å². The second-order valence-corrected chi connectivity index (χ2v) is 5.03. The van der Waals surface area contributed by atoms with Gasteiger partial charge in [-0.15, -0.1) is 0 Å². The van der Waals surface area contributed by atoms with Crippen LogP contribution in [-0.2, 0) is 11.2 Å². The van der Waals surface area contributed by atoms with E-state index in [9.17, 15) is 4.79 Å². The van der Waals surface area contributed by atoms with Gasteiger partial charge in [0.05, 0.1) is 13.7 Å². The molecule has 2 rings (SSSR count). The van der Waals surface area contributed by atoms with Crippen LogP contribution in [0, 0.1) is 11.3 Å². The summed E-state index contributed by atoms with van der Waals surface area (Å²) in [6, 6.07) is 17.0. The Bertz CT molecular complexity index is 777. The number of carbonyl (C=O) groups excluding carboxylic acids is 1. The fourth-order valence-electron chi connectivity index (χ4n) is 2.14. The number of nitrogens with two attached hydrogens (primary N) is 1. The molecular formula is C19H18N2O3. The maximum atomic E-state index is 11.1. The zero-order valence-corrected chi connectivity index (χ0v) is 13.4. The number of primary amides is 1. The van der Waals surface area contributed by atoms with E-state index in [0.717, 1.165) is 6.42 Å². The first-order valence-corrected chi connectivity index (χ1v) is 7.40. The summed E-state index contributed by atoms with van der Waals surface area (Å²) in [7, 11) is 1.53. The number of nitriles is 1. The molecule has 2 N–H and O–H groups in total. The van der Waals surface area contributed by atoms with Gasteiger partial charge in [-0.2, -0.15) is 5.26 Å². The fourth-order valence-corrected chi connectivity index (χ4v) is 2.14. The molecule has 0 unspecified atom stereocenters. The summed E-state index contributed by atoms with van der Waals surface area (Å²) in [4.78, 5) is 11.1. The zero-order chi connectivity index (χ0) is 17.4. The highest BCUT2D eigenvalue weighted by Gasteiger charge is 2.08. The molecule has 0 radical (unpaired) electrons. The van der Waals surface area contributed by atoms with Crippen molar-refractivity contribution in [1.29, 1.82) is 5.26 Å². The molecule has 0 bridgehead atoms. The third-order valence-corrected chi connectivity index (χ3v) is 3.38. The Labute approximate surface area is 140 Å². The van der Waals surface area contributed by atoms with E-state index in [1.54, 1.807) is 24.3 Å². The summed E-state index contributed by atoms with van der Waals surface area (Å²) in [6.45, 7) is 0.514. The standard InChI is InChI=1S/C19H18N2O3/c1-23-18-12-15(11-16(13-20)19(21)22)7-8-17(18)24-10-9-14-5-3-2-4-6-14/h2-8,11-12H,9-10H2,1H3,(H2,21,22)/b16-11-. The van der Waals surface area contributed by atoms with Gasteiger partial charge in [0.15, 0.2) is 11.5 Å². The van der Waals surface area contributed by atoms with Crippen LogP contribution in [0.25, 0.3) is 6.08 Å². The van der Waals surface area contributed by atoms with Gasteiger partial charge in [0.2, 0.25) is 0 Å². The number of nitrogens with zero attached hydrogens (tertiary/aromatic N) is 1. The normalized spacial score (nSPS) is 10.8. The molecule has 0 aromatic heterocycles. The number of hydrogen-bond acceptors (Lipinski definition) is 4. The van der Waals surface area contributed by atoms with E-state index in [0.29, 0.717) is 23.7 Å². The Morgan fingerprint density at radius 1 is 1.21 bits per heavy atom. The number of hydrogen-bond donors (Lipinski definition) is 1. The minimum absolute atomic E-state index is 0.116. The summed E-state index contributed by atoms with van der Waals surface area (Å²) < 4.78 is 11.1. The topological polar surface area (TPSA) is 85.3 Å². The Morgan fingerprint density at radius 2 is 1.96 bits per heavy atom. The number of amides is 1. The van der Waals surface area contributed by atoms with Gasteiger partial charge >= 0.3 is 0 Å². The predicted octanol–water partition coefficient (Wildman–Crippen LogP) is 2.71. The molecule has 0 saturated heterocycles. The van der Waals surface area contributed by atoms with E-state index in [1.807, 2.05) is 30.3 Å². The van der Waals surface area contributed by atoms with Gasteiger partial charge in [-0.1, -0.05) is 36.4 Å². The molecule has 2 aromatic carbocycles. The molecule has 5 nitrogen and oxygen atoms in total. The summed E-state index contributed by atoms with van der Waals surface area (Å²) >= 11 is 0. The van der Waals surface area contributed by atoms with Crippen LogP contribution in [-0.4, -0.2) is 19.6 Å². The molecule has 2 aromatic rings. The van der Waals surface area contributed by atoms with Crippen LogP contribution >= 0.6 is 0 Å². The van der Waals surface area contributed by atoms with Gasteiger partial charge in [-0.05, 0) is 29.3 Å². The first-order valence-electron chi connectivity index (χ1n) is 7.40. The third kappa shape index (κ3) is 4.62. The van der Waals surface area contributed by atoms with Crippen molar-refractivity contribution in [1.82, 2.24) is 0 Å². The lowest BCUT2D eigenvalue weighted by Crippen LogP contribution is -2.12. The Hall–Kier alpha value is -3.26. The van der Waals surface area contributed by atoms with E-state index in [1.165, 1.54) is 18.7 Å². The van der Waals surface area contributed by atoms with Gasteiger partial charge in [-0.3, -0.25) is 4.79 Å². The van der Waals surface area contributed by atoms with Gasteiger partial charge in [0.1, 0.15) is 11.6 Å². The van der Waals surface area contributed by atoms with Crippen molar-refractivity contribution in [3.8, 4) is 17.6 Å². The van der Waals surface area contributed by atoms with Crippen molar-refractivity contribution in [2.75, 3.05) is 13.7 Å². The molecule has 24 heavy (non-hydrogen) atoms. The van der Waals surface area contributed by atoms with E-state index in [-0.39, 0.29) is 5.57 Å². The molecule has 0 aliphatic carbocycles. The summed E-state index contributed by atoms with van der Waals surface area (Å²) in [5.74, 6) is 0.362. The number of ether oxygens (including phenoxy) is 2. The fraction of sp³-hybridized carbons (Fsp3) is 0.158. The first kappa shape index (κ1) is 17.1. The first-order chi connectivity index (χ1) is 11.6. The second kappa shape index (κ2) is 8.39. The largest absolute Gasteiger partial charge is 0.493 e. The molecule has 0 spiro atoms. The number of methoxy groups -OCH3 is 1. The van der Waals surface area contributed by atoms with Crippen LogP contribution in [0.1, 0.15) is 11.1 Å².